The molecule has 192 valence electrons. The van der Waals surface area contributed by atoms with Crippen LogP contribution in [0.15, 0.2) is 66.7 Å². The molecule has 3 aromatic carbocycles. The Kier molecular flexibility index (Phi) is 9.96. The number of nitrogens with one attached hydrogen (secondary N) is 2. The molecular weight excluding hydrogens is 462 g/mol. The van der Waals surface area contributed by atoms with Crippen molar-refractivity contribution in [1.29, 1.82) is 0 Å². The first-order chi connectivity index (χ1) is 17.2. The van der Waals surface area contributed by atoms with Crippen LogP contribution in [0.25, 0.3) is 0 Å². The van der Waals surface area contributed by atoms with Gasteiger partial charge in [0.2, 0.25) is 5.91 Å². The van der Waals surface area contributed by atoms with Gasteiger partial charge >= 0.3 is 0 Å². The topological polar surface area (TPSA) is 70.6 Å². The van der Waals surface area contributed by atoms with Gasteiger partial charge in [0.25, 0.3) is 0 Å². The summed E-state index contributed by atoms with van der Waals surface area (Å²) in [7, 11) is 1.59. The van der Waals surface area contributed by atoms with E-state index in [4.69, 9.17) is 4.74 Å². The second-order valence-electron chi connectivity index (χ2n) is 9.28. The van der Waals surface area contributed by atoms with Gasteiger partial charge in [-0.15, -0.1) is 0 Å². The van der Waals surface area contributed by atoms with Crippen LogP contribution in [0.5, 0.6) is 5.75 Å². The first kappa shape index (κ1) is 27.3. The van der Waals surface area contributed by atoms with Gasteiger partial charge in [-0.1, -0.05) is 50.2 Å². The molecule has 0 heterocycles. The van der Waals surface area contributed by atoms with Gasteiger partial charge in [0, 0.05) is 19.2 Å². The van der Waals surface area contributed by atoms with Gasteiger partial charge in [-0.05, 0) is 58.9 Å². The van der Waals surface area contributed by atoms with E-state index in [1.807, 2.05) is 48.5 Å². The highest BCUT2D eigenvalue weighted by Gasteiger charge is 2.22. The minimum Gasteiger partial charge on any atom is -0.497 e. The highest BCUT2D eigenvalue weighted by atomic mass is 19.1. The number of methoxy groups -OCH3 is 1. The highest BCUT2D eigenvalue weighted by molar-refractivity contribution is 5.79. The van der Waals surface area contributed by atoms with Gasteiger partial charge < -0.3 is 20.5 Å². The summed E-state index contributed by atoms with van der Waals surface area (Å²) in [5.74, 6) is -0.559. The minimum absolute atomic E-state index is 0.0781. The molecule has 0 aliphatic rings. The summed E-state index contributed by atoms with van der Waals surface area (Å²) in [6.07, 6.45) is -0.778. The number of benzene rings is 3. The van der Waals surface area contributed by atoms with Gasteiger partial charge in [-0.2, -0.15) is 0 Å². The molecule has 0 saturated carbocycles. The van der Waals surface area contributed by atoms with Crippen molar-refractivity contribution in [3.63, 3.8) is 0 Å². The number of aliphatic hydroxyl groups excluding tert-OH is 1. The number of amides is 1. The quantitative estimate of drug-likeness (QED) is 0.345. The van der Waals surface area contributed by atoms with Crippen molar-refractivity contribution < 1.29 is 23.4 Å². The molecule has 3 N–H and O–H groups in total. The van der Waals surface area contributed by atoms with Crippen molar-refractivity contribution >= 4 is 5.91 Å². The molecule has 3 rings (SSSR count). The lowest BCUT2D eigenvalue weighted by molar-refractivity contribution is -0.122. The molecule has 0 spiro atoms. The third-order valence-corrected chi connectivity index (χ3v) is 6.02. The van der Waals surface area contributed by atoms with Crippen LogP contribution >= 0.6 is 0 Å². The van der Waals surface area contributed by atoms with Crippen LogP contribution in [0.1, 0.15) is 42.0 Å². The predicted molar refractivity (Wildman–Crippen MR) is 137 cm³/mol. The van der Waals surface area contributed by atoms with E-state index in [-0.39, 0.29) is 25.3 Å². The number of hydrogen-bond acceptors (Lipinski definition) is 4. The zero-order valence-electron chi connectivity index (χ0n) is 20.9. The molecule has 0 bridgehead atoms. The minimum atomic E-state index is -0.991. The SMILES string of the molecule is COc1cccc(CNC[C@@H](O)[C@H](Cc2cc(F)cc(F)c2)NC(=O)Cc2ccc(C(C)C)cc2)c1. The monoisotopic (exact) mass is 496 g/mol. The van der Waals surface area contributed by atoms with Crippen LogP contribution in [0.4, 0.5) is 8.78 Å². The number of carbonyl (C=O) groups excluding carboxylic acids is 1. The van der Waals surface area contributed by atoms with Gasteiger partial charge in [0.15, 0.2) is 0 Å². The Bertz CT molecular complexity index is 1120. The predicted octanol–water partition coefficient (Wildman–Crippen LogP) is 4.52. The van der Waals surface area contributed by atoms with Crippen LogP contribution in [-0.2, 0) is 24.2 Å². The van der Waals surface area contributed by atoms with E-state index in [1.165, 1.54) is 17.7 Å². The number of halogens is 2. The maximum Gasteiger partial charge on any atom is 0.224 e. The molecule has 0 fully saturated rings. The van der Waals surface area contributed by atoms with E-state index in [9.17, 15) is 18.7 Å². The summed E-state index contributed by atoms with van der Waals surface area (Å²) in [5, 5.41) is 17.0. The van der Waals surface area contributed by atoms with E-state index in [2.05, 4.69) is 24.5 Å². The van der Waals surface area contributed by atoms with Crippen molar-refractivity contribution in [3.8, 4) is 5.75 Å². The Labute approximate surface area is 211 Å². The molecule has 0 radical (unpaired) electrons. The van der Waals surface area contributed by atoms with Gasteiger partial charge in [-0.3, -0.25) is 4.79 Å². The van der Waals surface area contributed by atoms with E-state index in [0.29, 0.717) is 18.0 Å². The highest BCUT2D eigenvalue weighted by Crippen LogP contribution is 2.16. The molecule has 1 amide bonds. The molecule has 0 aliphatic heterocycles. The van der Waals surface area contributed by atoms with Crippen molar-refractivity contribution in [3.05, 3.63) is 101 Å². The summed E-state index contributed by atoms with van der Waals surface area (Å²) in [6, 6.07) is 17.8. The first-order valence-corrected chi connectivity index (χ1v) is 12.1. The maximum absolute atomic E-state index is 13.8. The summed E-state index contributed by atoms with van der Waals surface area (Å²) in [4.78, 5) is 12.8. The van der Waals surface area contributed by atoms with Crippen molar-refractivity contribution in [2.75, 3.05) is 13.7 Å². The second kappa shape index (κ2) is 13.1. The van der Waals surface area contributed by atoms with Crippen LogP contribution in [0, 0.1) is 11.6 Å². The number of rotatable bonds is 12. The molecule has 0 aromatic heterocycles. The number of ether oxygens (including phenoxy) is 1. The first-order valence-electron chi connectivity index (χ1n) is 12.1. The standard InChI is InChI=1S/C29H34F2N2O3/c1-19(2)23-9-7-20(8-10-23)15-29(35)33-27(14-22-11-24(30)16-25(31)12-22)28(34)18-32-17-21-5-4-6-26(13-21)36-3/h4-13,16,19,27-28,32,34H,14-15,17-18H2,1-3H3,(H,33,35)/t27-,28+/m0/s1. The smallest absolute Gasteiger partial charge is 0.224 e. The molecule has 36 heavy (non-hydrogen) atoms. The Morgan fingerprint density at radius 2 is 1.64 bits per heavy atom. The molecule has 0 aliphatic carbocycles. The third kappa shape index (κ3) is 8.43. The molecule has 7 heteroatoms. The maximum atomic E-state index is 13.8. The summed E-state index contributed by atoms with van der Waals surface area (Å²) in [5.41, 5.74) is 3.35. The fourth-order valence-corrected chi connectivity index (χ4v) is 4.02. The fraction of sp³-hybridized carbons (Fsp3) is 0.345. The zero-order chi connectivity index (χ0) is 26.1. The molecular formula is C29H34F2N2O3. The largest absolute Gasteiger partial charge is 0.497 e. The van der Waals surface area contributed by atoms with E-state index in [0.717, 1.165) is 22.9 Å². The van der Waals surface area contributed by atoms with Crippen molar-refractivity contribution in [2.24, 2.45) is 0 Å². The summed E-state index contributed by atoms with van der Waals surface area (Å²) >= 11 is 0. The van der Waals surface area contributed by atoms with Crippen LogP contribution < -0.4 is 15.4 Å². The van der Waals surface area contributed by atoms with Crippen molar-refractivity contribution in [2.45, 2.75) is 51.3 Å². The zero-order valence-corrected chi connectivity index (χ0v) is 20.9. The van der Waals surface area contributed by atoms with E-state index < -0.39 is 23.8 Å². The van der Waals surface area contributed by atoms with Crippen molar-refractivity contribution in [1.82, 2.24) is 10.6 Å². The van der Waals surface area contributed by atoms with Gasteiger partial charge in [0.05, 0.1) is 25.7 Å². The van der Waals surface area contributed by atoms with E-state index >= 15 is 0 Å². The summed E-state index contributed by atoms with van der Waals surface area (Å²) in [6.45, 7) is 4.85. The fourth-order valence-electron chi connectivity index (χ4n) is 4.02. The van der Waals surface area contributed by atoms with Gasteiger partial charge in [0.1, 0.15) is 17.4 Å². The molecule has 0 saturated heterocycles. The lowest BCUT2D eigenvalue weighted by atomic mass is 9.99. The van der Waals surface area contributed by atoms with Crippen LogP contribution in [0.2, 0.25) is 0 Å². The third-order valence-electron chi connectivity index (χ3n) is 6.02. The van der Waals surface area contributed by atoms with Crippen LogP contribution in [0.3, 0.4) is 0 Å². The number of carbonyl (C=O) groups is 1. The average Bonchev–Trinajstić information content (AvgIpc) is 2.83. The molecule has 2 atom stereocenters. The number of hydrogen-bond donors (Lipinski definition) is 3. The molecule has 3 aromatic rings. The number of aliphatic hydroxyl groups is 1. The molecule has 0 unspecified atom stereocenters. The molecule has 5 nitrogen and oxygen atoms in total. The second-order valence-corrected chi connectivity index (χ2v) is 9.28. The normalized spacial score (nSPS) is 12.9. The summed E-state index contributed by atoms with van der Waals surface area (Å²) < 4.78 is 32.7. The lowest BCUT2D eigenvalue weighted by Crippen LogP contribution is -2.49. The lowest BCUT2D eigenvalue weighted by Gasteiger charge is -2.25. The average molecular weight is 497 g/mol. The Balaban J connectivity index is 1.66. The van der Waals surface area contributed by atoms with Gasteiger partial charge in [-0.25, -0.2) is 8.78 Å². The van der Waals surface area contributed by atoms with Crippen LogP contribution in [-0.4, -0.2) is 36.8 Å². The Morgan fingerprint density at radius 1 is 0.944 bits per heavy atom. The Hall–Kier alpha value is -3.29. The van der Waals surface area contributed by atoms with E-state index in [1.54, 1.807) is 7.11 Å². The Morgan fingerprint density at radius 3 is 2.28 bits per heavy atom.